The van der Waals surface area contributed by atoms with Gasteiger partial charge in [-0.1, -0.05) is 12.1 Å². The number of sulfonamides is 1. The number of rotatable bonds is 6. The Kier molecular flexibility index (Phi) is 7.36. The summed E-state index contributed by atoms with van der Waals surface area (Å²) >= 11 is 0. The van der Waals surface area contributed by atoms with E-state index in [9.17, 15) is 18.0 Å². The Morgan fingerprint density at radius 2 is 1.59 bits per heavy atom. The molecule has 1 saturated heterocycles. The molecule has 0 bridgehead atoms. The lowest BCUT2D eigenvalue weighted by atomic mass is 10.1. The SMILES string of the molecule is CC(C)(C)NS(=O)(=O)c1ccc(C(=O)NCc2cccc(C(=O)N3CCCCC3)c2)cc1. The summed E-state index contributed by atoms with van der Waals surface area (Å²) in [6.07, 6.45) is 3.23. The van der Waals surface area contributed by atoms with Gasteiger partial charge < -0.3 is 10.2 Å². The van der Waals surface area contributed by atoms with Gasteiger partial charge in [-0.05, 0) is 82.0 Å². The minimum atomic E-state index is -3.66. The fourth-order valence-corrected chi connectivity index (χ4v) is 5.04. The van der Waals surface area contributed by atoms with E-state index < -0.39 is 15.6 Å². The van der Waals surface area contributed by atoms with Crippen LogP contribution in [0.15, 0.2) is 53.4 Å². The fourth-order valence-electron chi connectivity index (χ4n) is 3.63. The molecule has 0 unspecified atom stereocenters. The molecule has 1 fully saturated rings. The van der Waals surface area contributed by atoms with E-state index in [4.69, 9.17) is 0 Å². The first-order valence-corrected chi connectivity index (χ1v) is 12.3. The summed E-state index contributed by atoms with van der Waals surface area (Å²) in [7, 11) is -3.66. The topological polar surface area (TPSA) is 95.6 Å². The molecule has 0 aliphatic carbocycles. The van der Waals surface area contributed by atoms with E-state index in [2.05, 4.69) is 10.0 Å². The van der Waals surface area contributed by atoms with E-state index in [1.54, 1.807) is 26.8 Å². The Labute approximate surface area is 190 Å². The summed E-state index contributed by atoms with van der Waals surface area (Å²) in [4.78, 5) is 27.2. The van der Waals surface area contributed by atoms with Crippen molar-refractivity contribution in [3.8, 4) is 0 Å². The minimum Gasteiger partial charge on any atom is -0.348 e. The van der Waals surface area contributed by atoms with Crippen molar-refractivity contribution in [3.63, 3.8) is 0 Å². The number of nitrogens with zero attached hydrogens (tertiary/aromatic N) is 1. The number of nitrogens with one attached hydrogen (secondary N) is 2. The van der Waals surface area contributed by atoms with Crippen LogP contribution in [0.1, 0.15) is 66.3 Å². The molecular weight excluding hydrogens is 426 g/mol. The molecule has 7 nitrogen and oxygen atoms in total. The lowest BCUT2D eigenvalue weighted by Gasteiger charge is -2.26. The first-order chi connectivity index (χ1) is 15.0. The second-order valence-corrected chi connectivity index (χ2v) is 10.8. The van der Waals surface area contributed by atoms with Gasteiger partial charge in [0, 0.05) is 36.3 Å². The van der Waals surface area contributed by atoms with Crippen molar-refractivity contribution in [2.24, 2.45) is 0 Å². The maximum atomic E-state index is 12.7. The van der Waals surface area contributed by atoms with Crippen molar-refractivity contribution in [1.82, 2.24) is 14.9 Å². The number of hydrogen-bond donors (Lipinski definition) is 2. The lowest BCUT2D eigenvalue weighted by molar-refractivity contribution is 0.0724. The van der Waals surface area contributed by atoms with Gasteiger partial charge in [0.2, 0.25) is 10.0 Å². The van der Waals surface area contributed by atoms with Crippen LogP contribution >= 0.6 is 0 Å². The summed E-state index contributed by atoms with van der Waals surface area (Å²) in [5.41, 5.74) is 1.22. The van der Waals surface area contributed by atoms with Crippen LogP contribution in [-0.4, -0.2) is 43.8 Å². The zero-order valence-corrected chi connectivity index (χ0v) is 19.7. The quantitative estimate of drug-likeness (QED) is 0.696. The molecular formula is C24H31N3O4S. The molecule has 172 valence electrons. The van der Waals surface area contributed by atoms with Crippen LogP contribution in [0, 0.1) is 0 Å². The molecule has 2 aromatic carbocycles. The largest absolute Gasteiger partial charge is 0.348 e. The summed E-state index contributed by atoms with van der Waals surface area (Å²) in [6.45, 7) is 7.14. The van der Waals surface area contributed by atoms with Gasteiger partial charge in [-0.25, -0.2) is 13.1 Å². The molecule has 2 amide bonds. The molecule has 32 heavy (non-hydrogen) atoms. The average molecular weight is 458 g/mol. The monoisotopic (exact) mass is 457 g/mol. The molecule has 0 spiro atoms. The van der Waals surface area contributed by atoms with E-state index in [-0.39, 0.29) is 23.3 Å². The molecule has 1 aliphatic rings. The van der Waals surface area contributed by atoms with E-state index in [0.29, 0.717) is 11.1 Å². The van der Waals surface area contributed by atoms with Gasteiger partial charge in [0.05, 0.1) is 4.90 Å². The smallest absolute Gasteiger partial charge is 0.253 e. The fraction of sp³-hybridized carbons (Fsp3) is 0.417. The highest BCUT2D eigenvalue weighted by Crippen LogP contribution is 2.16. The van der Waals surface area contributed by atoms with E-state index >= 15 is 0 Å². The Balaban J connectivity index is 1.61. The van der Waals surface area contributed by atoms with Crippen LogP contribution in [-0.2, 0) is 16.6 Å². The third-order valence-corrected chi connectivity index (χ3v) is 6.91. The highest BCUT2D eigenvalue weighted by Gasteiger charge is 2.22. The maximum absolute atomic E-state index is 12.7. The molecule has 0 aromatic heterocycles. The van der Waals surface area contributed by atoms with Crippen LogP contribution in [0.2, 0.25) is 0 Å². The zero-order valence-electron chi connectivity index (χ0n) is 18.8. The van der Waals surface area contributed by atoms with Crippen molar-refractivity contribution >= 4 is 21.8 Å². The summed E-state index contributed by atoms with van der Waals surface area (Å²) in [5, 5.41) is 2.83. The Morgan fingerprint density at radius 1 is 0.938 bits per heavy atom. The lowest BCUT2D eigenvalue weighted by Crippen LogP contribution is -2.40. The van der Waals surface area contributed by atoms with Crippen molar-refractivity contribution < 1.29 is 18.0 Å². The Bertz CT molecular complexity index is 1070. The van der Waals surface area contributed by atoms with Crippen LogP contribution in [0.4, 0.5) is 0 Å². The van der Waals surface area contributed by atoms with Crippen molar-refractivity contribution in [1.29, 1.82) is 0 Å². The molecule has 0 atom stereocenters. The Hall–Kier alpha value is -2.71. The van der Waals surface area contributed by atoms with Gasteiger partial charge in [-0.3, -0.25) is 9.59 Å². The maximum Gasteiger partial charge on any atom is 0.253 e. The normalized spacial score (nSPS) is 14.8. The summed E-state index contributed by atoms with van der Waals surface area (Å²) in [6, 6.07) is 13.1. The van der Waals surface area contributed by atoms with Crippen LogP contribution < -0.4 is 10.0 Å². The molecule has 1 heterocycles. The predicted octanol–water partition coefficient (Wildman–Crippen LogP) is 3.32. The zero-order chi connectivity index (χ0) is 23.4. The van der Waals surface area contributed by atoms with Gasteiger partial charge in [-0.2, -0.15) is 0 Å². The standard InChI is InChI=1S/C24H31N3O4S/c1-24(2,3)26-32(30,31)21-12-10-19(11-13-21)22(28)25-17-18-8-7-9-20(16-18)23(29)27-14-5-4-6-15-27/h7-13,16,26H,4-6,14-15,17H2,1-3H3,(H,25,28). The van der Waals surface area contributed by atoms with E-state index in [1.807, 2.05) is 23.1 Å². The number of likely N-dealkylation sites (tertiary alicyclic amines) is 1. The molecule has 0 radical (unpaired) electrons. The molecule has 2 N–H and O–H groups in total. The number of benzene rings is 2. The van der Waals surface area contributed by atoms with Gasteiger partial charge >= 0.3 is 0 Å². The predicted molar refractivity (Wildman–Crippen MR) is 124 cm³/mol. The number of carbonyl (C=O) groups excluding carboxylic acids is 2. The highest BCUT2D eigenvalue weighted by atomic mass is 32.2. The second-order valence-electron chi connectivity index (χ2n) is 9.12. The van der Waals surface area contributed by atoms with Gasteiger partial charge in [0.15, 0.2) is 0 Å². The average Bonchev–Trinajstić information content (AvgIpc) is 2.76. The van der Waals surface area contributed by atoms with Crippen LogP contribution in [0.25, 0.3) is 0 Å². The van der Waals surface area contributed by atoms with E-state index in [0.717, 1.165) is 37.9 Å². The number of carbonyl (C=O) groups is 2. The second kappa shape index (κ2) is 9.83. The van der Waals surface area contributed by atoms with Gasteiger partial charge in [0.25, 0.3) is 11.8 Å². The Morgan fingerprint density at radius 3 is 2.22 bits per heavy atom. The first kappa shape index (κ1) is 23.9. The van der Waals surface area contributed by atoms with E-state index in [1.165, 1.54) is 24.3 Å². The van der Waals surface area contributed by atoms with Crippen LogP contribution in [0.3, 0.4) is 0 Å². The van der Waals surface area contributed by atoms with Crippen LogP contribution in [0.5, 0.6) is 0 Å². The molecule has 2 aromatic rings. The highest BCUT2D eigenvalue weighted by molar-refractivity contribution is 7.89. The molecule has 3 rings (SSSR count). The van der Waals surface area contributed by atoms with Crippen molar-refractivity contribution in [3.05, 3.63) is 65.2 Å². The summed E-state index contributed by atoms with van der Waals surface area (Å²) in [5.74, 6) is -0.288. The number of piperidine rings is 1. The minimum absolute atomic E-state index is 0.0264. The first-order valence-electron chi connectivity index (χ1n) is 10.9. The summed E-state index contributed by atoms with van der Waals surface area (Å²) < 4.78 is 27.4. The van der Waals surface area contributed by atoms with Gasteiger partial charge in [-0.15, -0.1) is 0 Å². The number of hydrogen-bond acceptors (Lipinski definition) is 4. The van der Waals surface area contributed by atoms with Crippen molar-refractivity contribution in [2.75, 3.05) is 13.1 Å². The van der Waals surface area contributed by atoms with Gasteiger partial charge in [0.1, 0.15) is 0 Å². The van der Waals surface area contributed by atoms with Crippen molar-refractivity contribution in [2.45, 2.75) is 57.0 Å². The molecule has 1 aliphatic heterocycles. The molecule has 8 heteroatoms. The third kappa shape index (κ3) is 6.40. The number of amides is 2. The third-order valence-electron chi connectivity index (χ3n) is 5.14. The molecule has 0 saturated carbocycles.